The van der Waals surface area contributed by atoms with Crippen LogP contribution in [0.3, 0.4) is 0 Å². The number of ether oxygens (including phenoxy) is 1. The van der Waals surface area contributed by atoms with Gasteiger partial charge in [-0.3, -0.25) is 10.1 Å². The van der Waals surface area contributed by atoms with E-state index in [1.165, 1.54) is 0 Å². The van der Waals surface area contributed by atoms with Crippen LogP contribution in [0.1, 0.15) is 33.3 Å². The molecule has 0 aliphatic carbocycles. The van der Waals surface area contributed by atoms with Gasteiger partial charge in [0, 0.05) is 6.04 Å². The molecular weight excluding hydrogens is 228 g/mol. The number of nitrogens with two attached hydrogens (primary N) is 1. The Balaban J connectivity index is 3.03. The lowest BCUT2D eigenvalue weighted by Gasteiger charge is -2.30. The van der Waals surface area contributed by atoms with Crippen molar-refractivity contribution in [1.82, 2.24) is 5.32 Å². The topological polar surface area (TPSA) is 64.3 Å². The fourth-order valence-corrected chi connectivity index (χ4v) is 1.93. The molecule has 0 spiro atoms. The highest BCUT2D eigenvalue weighted by Gasteiger charge is 2.33. The van der Waals surface area contributed by atoms with Crippen molar-refractivity contribution in [3.63, 3.8) is 0 Å². The van der Waals surface area contributed by atoms with Crippen LogP contribution < -0.4 is 15.8 Å². The van der Waals surface area contributed by atoms with Crippen molar-refractivity contribution in [2.24, 2.45) is 5.73 Å². The molecule has 1 rings (SSSR count). The van der Waals surface area contributed by atoms with Gasteiger partial charge in [0.25, 0.3) is 0 Å². The van der Waals surface area contributed by atoms with Crippen LogP contribution in [0.25, 0.3) is 0 Å². The summed E-state index contributed by atoms with van der Waals surface area (Å²) in [6, 6.07) is 7.59. The Bertz CT molecular complexity index is 401. The zero-order valence-electron chi connectivity index (χ0n) is 11.5. The van der Waals surface area contributed by atoms with Crippen molar-refractivity contribution < 1.29 is 9.53 Å². The van der Waals surface area contributed by atoms with E-state index in [-0.39, 0.29) is 11.9 Å². The van der Waals surface area contributed by atoms with Gasteiger partial charge in [-0.15, -0.1) is 0 Å². The molecule has 4 nitrogen and oxygen atoms in total. The summed E-state index contributed by atoms with van der Waals surface area (Å²) >= 11 is 0. The van der Waals surface area contributed by atoms with Crippen LogP contribution in [0.5, 0.6) is 5.75 Å². The molecule has 0 saturated carbocycles. The van der Waals surface area contributed by atoms with E-state index in [4.69, 9.17) is 10.5 Å². The third-order valence-electron chi connectivity index (χ3n) is 2.81. The predicted molar refractivity (Wildman–Crippen MR) is 72.4 cm³/mol. The van der Waals surface area contributed by atoms with Gasteiger partial charge < -0.3 is 10.5 Å². The first-order valence-electron chi connectivity index (χ1n) is 6.21. The van der Waals surface area contributed by atoms with Crippen LogP contribution in [0.4, 0.5) is 0 Å². The van der Waals surface area contributed by atoms with Gasteiger partial charge in [-0.1, -0.05) is 12.1 Å². The summed E-state index contributed by atoms with van der Waals surface area (Å²) in [5, 5.41) is 3.21. The summed E-state index contributed by atoms with van der Waals surface area (Å²) in [5.74, 6) is 0.401. The summed E-state index contributed by atoms with van der Waals surface area (Å²) in [7, 11) is 0. The van der Waals surface area contributed by atoms with Crippen LogP contribution in [0.2, 0.25) is 0 Å². The molecule has 0 bridgehead atoms. The normalized spacial score (nSPS) is 14.3. The second kappa shape index (κ2) is 5.87. The van der Waals surface area contributed by atoms with E-state index in [2.05, 4.69) is 5.32 Å². The van der Waals surface area contributed by atoms with E-state index >= 15 is 0 Å². The van der Waals surface area contributed by atoms with Gasteiger partial charge >= 0.3 is 0 Å². The number of amides is 1. The minimum absolute atomic E-state index is 0.161. The molecule has 0 fully saturated rings. The van der Waals surface area contributed by atoms with E-state index in [1.54, 1.807) is 6.92 Å². The Morgan fingerprint density at radius 2 is 1.94 bits per heavy atom. The molecule has 1 aromatic carbocycles. The van der Waals surface area contributed by atoms with Gasteiger partial charge in [-0.25, -0.2) is 0 Å². The maximum Gasteiger partial charge on any atom is 0.242 e. The lowest BCUT2D eigenvalue weighted by atomic mass is 9.90. The number of hydrogen-bond acceptors (Lipinski definition) is 3. The monoisotopic (exact) mass is 250 g/mol. The minimum Gasteiger partial charge on any atom is -0.494 e. The zero-order valence-corrected chi connectivity index (χ0v) is 11.5. The third kappa shape index (κ3) is 3.23. The molecule has 0 radical (unpaired) electrons. The fourth-order valence-electron chi connectivity index (χ4n) is 1.93. The van der Waals surface area contributed by atoms with Crippen molar-refractivity contribution in [3.8, 4) is 5.75 Å². The molecular formula is C14H22N2O2. The van der Waals surface area contributed by atoms with Gasteiger partial charge in [-0.05, 0) is 45.4 Å². The fraction of sp³-hybridized carbons (Fsp3) is 0.500. The highest BCUT2D eigenvalue weighted by molar-refractivity contribution is 5.85. The smallest absolute Gasteiger partial charge is 0.242 e. The van der Waals surface area contributed by atoms with Crippen LogP contribution in [-0.4, -0.2) is 18.6 Å². The molecule has 100 valence electrons. The first-order chi connectivity index (χ1) is 8.40. The molecule has 1 atom stereocenters. The van der Waals surface area contributed by atoms with Crippen LogP contribution in [0.15, 0.2) is 24.3 Å². The highest BCUT2D eigenvalue weighted by atomic mass is 16.5. The number of rotatable bonds is 6. The molecule has 4 heteroatoms. The molecule has 0 saturated heterocycles. The largest absolute Gasteiger partial charge is 0.494 e. The first kappa shape index (κ1) is 14.5. The van der Waals surface area contributed by atoms with Crippen molar-refractivity contribution in [2.45, 2.75) is 39.3 Å². The van der Waals surface area contributed by atoms with E-state index in [0.717, 1.165) is 11.3 Å². The van der Waals surface area contributed by atoms with Crippen LogP contribution in [-0.2, 0) is 10.3 Å². The lowest BCUT2D eigenvalue weighted by Crippen LogP contribution is -2.52. The molecule has 18 heavy (non-hydrogen) atoms. The molecule has 1 aromatic rings. The Morgan fingerprint density at radius 3 is 2.33 bits per heavy atom. The van der Waals surface area contributed by atoms with Crippen molar-refractivity contribution in [2.75, 3.05) is 6.61 Å². The number of carbonyl (C=O) groups is 1. The number of hydrogen-bond donors (Lipinski definition) is 2. The second-order valence-electron chi connectivity index (χ2n) is 4.75. The molecule has 0 aliphatic rings. The molecule has 1 amide bonds. The highest BCUT2D eigenvalue weighted by Crippen LogP contribution is 2.23. The molecule has 1 unspecified atom stereocenters. The van der Waals surface area contributed by atoms with Gasteiger partial charge in [0.05, 0.1) is 6.61 Å². The standard InChI is InChI=1S/C14H22N2O2/c1-5-18-12-8-6-11(7-9-12)14(4,13(15)17)16-10(2)3/h6-10,16H,5H2,1-4H3,(H2,15,17). The van der Waals surface area contributed by atoms with Gasteiger partial charge in [0.1, 0.15) is 11.3 Å². The molecule has 0 aromatic heterocycles. The SMILES string of the molecule is CCOc1ccc(C(C)(NC(C)C)C(N)=O)cc1. The quantitative estimate of drug-likeness (QED) is 0.809. The number of nitrogens with one attached hydrogen (secondary N) is 1. The maximum absolute atomic E-state index is 11.7. The predicted octanol–water partition coefficient (Wildman–Crippen LogP) is 1.78. The van der Waals surface area contributed by atoms with Crippen LogP contribution >= 0.6 is 0 Å². The van der Waals surface area contributed by atoms with E-state index < -0.39 is 5.54 Å². The average Bonchev–Trinajstić information content (AvgIpc) is 2.29. The summed E-state index contributed by atoms with van der Waals surface area (Å²) in [6.07, 6.45) is 0. The van der Waals surface area contributed by atoms with E-state index in [0.29, 0.717) is 6.61 Å². The summed E-state index contributed by atoms with van der Waals surface area (Å²) < 4.78 is 5.38. The number of carbonyl (C=O) groups excluding carboxylic acids is 1. The van der Waals surface area contributed by atoms with E-state index in [1.807, 2.05) is 45.0 Å². The third-order valence-corrected chi connectivity index (χ3v) is 2.81. The summed E-state index contributed by atoms with van der Waals surface area (Å²) in [4.78, 5) is 11.7. The summed E-state index contributed by atoms with van der Waals surface area (Å²) in [5.41, 5.74) is 5.49. The van der Waals surface area contributed by atoms with Crippen molar-refractivity contribution in [3.05, 3.63) is 29.8 Å². The second-order valence-corrected chi connectivity index (χ2v) is 4.75. The van der Waals surface area contributed by atoms with Crippen molar-refractivity contribution >= 4 is 5.91 Å². The summed E-state index contributed by atoms with van der Waals surface area (Å²) in [6.45, 7) is 8.31. The van der Waals surface area contributed by atoms with Crippen LogP contribution in [0, 0.1) is 0 Å². The van der Waals surface area contributed by atoms with Gasteiger partial charge in [0.15, 0.2) is 0 Å². The lowest BCUT2D eigenvalue weighted by molar-refractivity contribution is -0.124. The Labute approximate surface area is 109 Å². The minimum atomic E-state index is -0.862. The first-order valence-corrected chi connectivity index (χ1v) is 6.21. The van der Waals surface area contributed by atoms with Gasteiger partial charge in [0.2, 0.25) is 5.91 Å². The average molecular weight is 250 g/mol. The van der Waals surface area contributed by atoms with E-state index in [9.17, 15) is 4.79 Å². The zero-order chi connectivity index (χ0) is 13.8. The molecule has 0 aliphatic heterocycles. The maximum atomic E-state index is 11.7. The Kier molecular flexibility index (Phi) is 4.73. The Hall–Kier alpha value is -1.55. The van der Waals surface area contributed by atoms with Gasteiger partial charge in [-0.2, -0.15) is 0 Å². The number of primary amides is 1. The molecule has 0 heterocycles. The Morgan fingerprint density at radius 1 is 1.39 bits per heavy atom. The van der Waals surface area contributed by atoms with Crippen molar-refractivity contribution in [1.29, 1.82) is 0 Å². The number of benzene rings is 1. The molecule has 3 N–H and O–H groups in total.